The molecule has 6 rings (SSSR count). The summed E-state index contributed by atoms with van der Waals surface area (Å²) in [5.74, 6) is 0.0516. The van der Waals surface area contributed by atoms with Gasteiger partial charge in [-0.15, -0.1) is 0 Å². The van der Waals surface area contributed by atoms with E-state index in [9.17, 15) is 9.59 Å². The number of benzene rings is 3. The molecule has 2 N–H and O–H groups in total. The minimum Gasteiger partial charge on any atom is -0.327 e. The first-order chi connectivity index (χ1) is 17.6. The van der Waals surface area contributed by atoms with Gasteiger partial charge in [0.15, 0.2) is 0 Å². The number of hydrogen-bond acceptors (Lipinski definition) is 3. The molecule has 2 aliphatic carbocycles. The van der Waals surface area contributed by atoms with E-state index in [-0.39, 0.29) is 11.9 Å². The maximum Gasteiger partial charge on any atom is 0.317 e. The van der Waals surface area contributed by atoms with Gasteiger partial charge in [-0.1, -0.05) is 86.0 Å². The first-order valence-corrected chi connectivity index (χ1v) is 12.8. The Morgan fingerprint density at radius 3 is 2.06 bits per heavy atom. The fourth-order valence-electron chi connectivity index (χ4n) is 5.95. The van der Waals surface area contributed by atoms with Crippen molar-refractivity contribution < 1.29 is 9.59 Å². The highest BCUT2D eigenvalue weighted by Gasteiger charge is 2.35. The van der Waals surface area contributed by atoms with E-state index in [0.717, 1.165) is 64.9 Å². The Morgan fingerprint density at radius 1 is 0.806 bits per heavy atom. The van der Waals surface area contributed by atoms with E-state index in [2.05, 4.69) is 22.8 Å². The minimum absolute atomic E-state index is 0.240. The number of amides is 3. The van der Waals surface area contributed by atoms with Gasteiger partial charge in [-0.3, -0.25) is 9.79 Å². The highest BCUT2D eigenvalue weighted by Crippen LogP contribution is 2.43. The van der Waals surface area contributed by atoms with Crippen molar-refractivity contribution >= 4 is 23.3 Å². The number of carbonyl (C=O) groups is 2. The number of nitrogens with one attached hydrogen (secondary N) is 2. The molecule has 182 valence electrons. The fourth-order valence-corrected chi connectivity index (χ4v) is 5.95. The molecule has 36 heavy (non-hydrogen) atoms. The van der Waals surface area contributed by atoms with Gasteiger partial charge in [0.25, 0.3) is 5.91 Å². The lowest BCUT2D eigenvalue weighted by molar-refractivity contribution is -0.119. The molecule has 1 saturated carbocycles. The lowest BCUT2D eigenvalue weighted by atomic mass is 9.83. The molecule has 1 unspecified atom stereocenters. The second-order valence-corrected chi connectivity index (χ2v) is 9.89. The van der Waals surface area contributed by atoms with Crippen LogP contribution in [-0.2, 0) is 4.79 Å². The van der Waals surface area contributed by atoms with Crippen molar-refractivity contribution in [1.82, 2.24) is 10.6 Å². The summed E-state index contributed by atoms with van der Waals surface area (Å²) in [6.45, 7) is 0. The van der Waals surface area contributed by atoms with E-state index < -0.39 is 12.2 Å². The van der Waals surface area contributed by atoms with Crippen molar-refractivity contribution in [2.45, 2.75) is 44.3 Å². The van der Waals surface area contributed by atoms with Crippen LogP contribution in [0.5, 0.6) is 0 Å². The maximum absolute atomic E-state index is 13.5. The van der Waals surface area contributed by atoms with Gasteiger partial charge in [-0.05, 0) is 41.2 Å². The number of para-hydroxylation sites is 1. The summed E-state index contributed by atoms with van der Waals surface area (Å²) in [6, 6.07) is 23.5. The molecule has 0 aromatic heterocycles. The van der Waals surface area contributed by atoms with E-state index in [4.69, 9.17) is 4.99 Å². The highest BCUT2D eigenvalue weighted by atomic mass is 16.2. The summed E-state index contributed by atoms with van der Waals surface area (Å²) in [4.78, 5) is 33.4. The van der Waals surface area contributed by atoms with E-state index in [1.54, 1.807) is 11.9 Å². The van der Waals surface area contributed by atoms with Crippen molar-refractivity contribution in [3.8, 4) is 11.1 Å². The Bertz CT molecular complexity index is 1310. The summed E-state index contributed by atoms with van der Waals surface area (Å²) >= 11 is 0. The number of fused-ring (bicyclic) bond motifs is 4. The Hall–Kier alpha value is -3.93. The standard InChI is InChI=1S/C30H30N4O2/c1-34-25-18-10-9-17-24(25)26(19-11-3-2-4-12-19)31-28(29(34)35)33-30(36)32-27-22-15-7-5-13-20(22)21-14-6-8-16-23(21)27/h5-10,13-19,27-28H,2-4,11-12H2,1H3,(H2,32,33,36). The molecule has 1 fully saturated rings. The topological polar surface area (TPSA) is 73.8 Å². The average molecular weight is 479 g/mol. The Balaban J connectivity index is 1.30. The second-order valence-electron chi connectivity index (χ2n) is 9.89. The Morgan fingerprint density at radius 2 is 1.39 bits per heavy atom. The van der Waals surface area contributed by atoms with Crippen molar-refractivity contribution in [2.24, 2.45) is 10.9 Å². The number of aliphatic imine (C=N–C) groups is 1. The zero-order chi connectivity index (χ0) is 24.6. The van der Waals surface area contributed by atoms with Crippen LogP contribution < -0.4 is 15.5 Å². The van der Waals surface area contributed by atoms with Gasteiger partial charge in [-0.25, -0.2) is 4.79 Å². The number of hydrogen-bond donors (Lipinski definition) is 2. The van der Waals surface area contributed by atoms with E-state index >= 15 is 0 Å². The third-order valence-corrected chi connectivity index (χ3v) is 7.74. The zero-order valence-electron chi connectivity index (χ0n) is 20.4. The van der Waals surface area contributed by atoms with E-state index in [1.165, 1.54) is 6.42 Å². The zero-order valence-corrected chi connectivity index (χ0v) is 20.4. The van der Waals surface area contributed by atoms with Crippen LogP contribution in [0.3, 0.4) is 0 Å². The van der Waals surface area contributed by atoms with Crippen LogP contribution in [-0.4, -0.2) is 30.9 Å². The van der Waals surface area contributed by atoms with Crippen LogP contribution in [0.2, 0.25) is 0 Å². The molecular formula is C30H30N4O2. The number of carbonyl (C=O) groups excluding carboxylic acids is 2. The van der Waals surface area contributed by atoms with Gasteiger partial charge in [-0.2, -0.15) is 0 Å². The summed E-state index contributed by atoms with van der Waals surface area (Å²) in [5, 5.41) is 6.02. The van der Waals surface area contributed by atoms with Crippen LogP contribution in [0.25, 0.3) is 11.1 Å². The van der Waals surface area contributed by atoms with Crippen molar-refractivity contribution in [1.29, 1.82) is 0 Å². The van der Waals surface area contributed by atoms with Crippen molar-refractivity contribution in [3.05, 3.63) is 89.5 Å². The molecule has 1 aliphatic heterocycles. The number of likely N-dealkylation sites (N-methyl/N-ethyl adjacent to an activating group) is 1. The first-order valence-electron chi connectivity index (χ1n) is 12.8. The van der Waals surface area contributed by atoms with Gasteiger partial charge in [0.2, 0.25) is 6.17 Å². The van der Waals surface area contributed by atoms with E-state index in [0.29, 0.717) is 5.92 Å². The normalized spacial score (nSPS) is 19.6. The van der Waals surface area contributed by atoms with Crippen molar-refractivity contribution in [2.75, 3.05) is 11.9 Å². The molecule has 3 aliphatic rings. The fraction of sp³-hybridized carbons (Fsp3) is 0.300. The second kappa shape index (κ2) is 9.26. The van der Waals surface area contributed by atoms with Gasteiger partial charge in [0, 0.05) is 18.5 Å². The average Bonchev–Trinajstić information content (AvgIpc) is 3.19. The smallest absolute Gasteiger partial charge is 0.317 e. The first kappa shape index (κ1) is 22.5. The quantitative estimate of drug-likeness (QED) is 0.527. The van der Waals surface area contributed by atoms with Gasteiger partial charge in [0.1, 0.15) is 0 Å². The van der Waals surface area contributed by atoms with Crippen LogP contribution in [0.15, 0.2) is 77.8 Å². The summed E-state index contributed by atoms with van der Waals surface area (Å²) in [6.07, 6.45) is 4.69. The van der Waals surface area contributed by atoms with Crippen LogP contribution >= 0.6 is 0 Å². The molecule has 3 amide bonds. The highest BCUT2D eigenvalue weighted by molar-refractivity contribution is 6.13. The lowest BCUT2D eigenvalue weighted by Gasteiger charge is -2.25. The molecule has 3 aromatic carbocycles. The maximum atomic E-state index is 13.5. The molecule has 0 bridgehead atoms. The molecule has 0 radical (unpaired) electrons. The van der Waals surface area contributed by atoms with Crippen LogP contribution in [0, 0.1) is 5.92 Å². The number of anilines is 1. The molecular weight excluding hydrogens is 448 g/mol. The molecule has 6 heteroatoms. The largest absolute Gasteiger partial charge is 0.327 e. The van der Waals surface area contributed by atoms with Gasteiger partial charge >= 0.3 is 6.03 Å². The monoisotopic (exact) mass is 478 g/mol. The Kier molecular flexibility index (Phi) is 5.80. The molecule has 0 saturated heterocycles. The summed E-state index contributed by atoms with van der Waals surface area (Å²) in [5.41, 5.74) is 7.12. The summed E-state index contributed by atoms with van der Waals surface area (Å²) < 4.78 is 0. The summed E-state index contributed by atoms with van der Waals surface area (Å²) in [7, 11) is 1.76. The van der Waals surface area contributed by atoms with Crippen molar-refractivity contribution in [3.63, 3.8) is 0 Å². The predicted octanol–water partition coefficient (Wildman–Crippen LogP) is 5.43. The van der Waals surface area contributed by atoms with E-state index in [1.807, 2.05) is 60.7 Å². The molecule has 1 heterocycles. The lowest BCUT2D eigenvalue weighted by Crippen LogP contribution is -2.50. The van der Waals surface area contributed by atoms with Gasteiger partial charge < -0.3 is 15.5 Å². The van der Waals surface area contributed by atoms with Crippen LogP contribution in [0.4, 0.5) is 10.5 Å². The molecule has 0 spiro atoms. The SMILES string of the molecule is CN1C(=O)C(NC(=O)NC2c3ccccc3-c3ccccc32)N=C(C2CCCCC2)c2ccccc21. The molecule has 1 atom stereocenters. The van der Waals surface area contributed by atoms with Crippen LogP contribution in [0.1, 0.15) is 54.8 Å². The predicted molar refractivity (Wildman–Crippen MR) is 142 cm³/mol. The number of rotatable bonds is 3. The number of nitrogens with zero attached hydrogens (tertiary/aromatic N) is 2. The number of benzodiazepines with no additional fused rings is 1. The third-order valence-electron chi connectivity index (χ3n) is 7.74. The molecule has 6 nitrogen and oxygen atoms in total. The number of urea groups is 1. The third kappa shape index (κ3) is 3.87. The minimum atomic E-state index is -0.980. The Labute approximate surface area is 211 Å². The molecule has 3 aromatic rings. The van der Waals surface area contributed by atoms with Gasteiger partial charge in [0.05, 0.1) is 17.4 Å².